The Morgan fingerprint density at radius 2 is 1.71 bits per heavy atom. The molecular formula is C18H28O2S. The van der Waals surface area contributed by atoms with Crippen LogP contribution in [0.4, 0.5) is 0 Å². The third kappa shape index (κ3) is 7.56. The molecular weight excluding hydrogens is 280 g/mol. The van der Waals surface area contributed by atoms with Crippen LogP contribution in [-0.4, -0.2) is 16.3 Å². The molecule has 21 heavy (non-hydrogen) atoms. The molecule has 1 aromatic rings. The summed E-state index contributed by atoms with van der Waals surface area (Å²) >= 11 is 1.49. The van der Waals surface area contributed by atoms with Crippen LogP contribution in [0.25, 0.3) is 0 Å². The average Bonchev–Trinajstić information content (AvgIpc) is 2.47. The lowest BCUT2D eigenvalue weighted by atomic mass is 10.1. The van der Waals surface area contributed by atoms with Crippen molar-refractivity contribution in [2.24, 2.45) is 0 Å². The van der Waals surface area contributed by atoms with Crippen LogP contribution in [-0.2, 0) is 11.2 Å². The molecule has 2 nitrogen and oxygen atoms in total. The predicted octanol–water partition coefficient (Wildman–Crippen LogP) is 5.54. The van der Waals surface area contributed by atoms with E-state index in [1.807, 2.05) is 0 Å². The maximum Gasteiger partial charge on any atom is 0.316 e. The topological polar surface area (TPSA) is 37.3 Å². The van der Waals surface area contributed by atoms with Gasteiger partial charge in [0.1, 0.15) is 5.25 Å². The van der Waals surface area contributed by atoms with E-state index in [1.165, 1.54) is 36.6 Å². The molecule has 0 spiro atoms. The van der Waals surface area contributed by atoms with Gasteiger partial charge in [0.25, 0.3) is 0 Å². The van der Waals surface area contributed by atoms with E-state index in [9.17, 15) is 9.90 Å². The van der Waals surface area contributed by atoms with Gasteiger partial charge in [-0.15, -0.1) is 11.8 Å². The lowest BCUT2D eigenvalue weighted by Crippen LogP contribution is -2.16. The zero-order valence-electron chi connectivity index (χ0n) is 13.3. The Balaban J connectivity index is 2.44. The van der Waals surface area contributed by atoms with E-state index in [-0.39, 0.29) is 5.25 Å². The summed E-state index contributed by atoms with van der Waals surface area (Å²) in [6, 6.07) is 8.35. The molecule has 0 aliphatic rings. The van der Waals surface area contributed by atoms with E-state index in [2.05, 4.69) is 38.1 Å². The largest absolute Gasteiger partial charge is 0.480 e. The minimum absolute atomic E-state index is 0.316. The van der Waals surface area contributed by atoms with Crippen molar-refractivity contribution in [3.63, 3.8) is 0 Å². The van der Waals surface area contributed by atoms with Gasteiger partial charge in [0.2, 0.25) is 0 Å². The highest BCUT2D eigenvalue weighted by Gasteiger charge is 2.18. The number of aryl methyl sites for hydroxylation is 1. The fourth-order valence-electron chi connectivity index (χ4n) is 2.35. The van der Waals surface area contributed by atoms with E-state index in [0.717, 1.165) is 37.0 Å². The number of aliphatic carboxylic acids is 1. The second-order valence-corrected chi connectivity index (χ2v) is 6.82. The van der Waals surface area contributed by atoms with Crippen molar-refractivity contribution in [3.8, 4) is 0 Å². The predicted molar refractivity (Wildman–Crippen MR) is 91.1 cm³/mol. The maximum atomic E-state index is 11.4. The van der Waals surface area contributed by atoms with Crippen molar-refractivity contribution < 1.29 is 9.90 Å². The van der Waals surface area contributed by atoms with Gasteiger partial charge in [-0.2, -0.15) is 0 Å². The molecule has 1 atom stereocenters. The minimum atomic E-state index is -0.687. The number of carboxylic acids is 1. The Kier molecular flexibility index (Phi) is 9.24. The average molecular weight is 308 g/mol. The molecule has 0 aromatic heterocycles. The van der Waals surface area contributed by atoms with Gasteiger partial charge in [0, 0.05) is 4.90 Å². The highest BCUT2D eigenvalue weighted by Crippen LogP contribution is 2.27. The van der Waals surface area contributed by atoms with Gasteiger partial charge in [-0.05, 0) is 30.5 Å². The Hall–Kier alpha value is -0.960. The number of rotatable bonds is 11. The van der Waals surface area contributed by atoms with Crippen LogP contribution >= 0.6 is 11.8 Å². The number of benzene rings is 1. The van der Waals surface area contributed by atoms with Crippen molar-refractivity contribution in [1.29, 1.82) is 0 Å². The van der Waals surface area contributed by atoms with Crippen LogP contribution in [0.1, 0.15) is 64.4 Å². The summed E-state index contributed by atoms with van der Waals surface area (Å²) in [7, 11) is 0. The smallest absolute Gasteiger partial charge is 0.316 e. The third-order valence-electron chi connectivity index (χ3n) is 3.59. The van der Waals surface area contributed by atoms with Crippen molar-refractivity contribution in [2.75, 3.05) is 0 Å². The molecule has 1 unspecified atom stereocenters. The molecule has 0 fully saturated rings. The van der Waals surface area contributed by atoms with E-state index < -0.39 is 5.97 Å². The summed E-state index contributed by atoms with van der Waals surface area (Å²) in [5.41, 5.74) is 1.33. The Bertz CT molecular complexity index is 400. The number of hydrogen-bond donors (Lipinski definition) is 1. The molecule has 0 aliphatic carbocycles. The Morgan fingerprint density at radius 1 is 1.05 bits per heavy atom. The van der Waals surface area contributed by atoms with E-state index in [0.29, 0.717) is 0 Å². The summed E-state index contributed by atoms with van der Waals surface area (Å²) in [5.74, 6) is -0.687. The van der Waals surface area contributed by atoms with E-state index in [4.69, 9.17) is 0 Å². The van der Waals surface area contributed by atoms with Crippen molar-refractivity contribution in [2.45, 2.75) is 75.4 Å². The Labute approximate surface area is 133 Å². The fraction of sp³-hybridized carbons (Fsp3) is 0.611. The molecule has 3 heteroatoms. The first-order chi connectivity index (χ1) is 10.2. The first-order valence-electron chi connectivity index (χ1n) is 8.15. The summed E-state index contributed by atoms with van der Waals surface area (Å²) in [6.07, 6.45) is 8.85. The van der Waals surface area contributed by atoms with Gasteiger partial charge < -0.3 is 5.11 Å². The molecule has 0 radical (unpaired) electrons. The molecule has 1 rings (SSSR count). The lowest BCUT2D eigenvalue weighted by Gasteiger charge is -2.12. The SMILES string of the molecule is CCCCCCCC(Sc1ccc(CCC)cc1)C(=O)O. The maximum absolute atomic E-state index is 11.4. The number of hydrogen-bond acceptors (Lipinski definition) is 2. The van der Waals surface area contributed by atoms with Crippen molar-refractivity contribution in [1.82, 2.24) is 0 Å². The number of unbranched alkanes of at least 4 members (excludes halogenated alkanes) is 4. The highest BCUT2D eigenvalue weighted by atomic mass is 32.2. The molecule has 0 heterocycles. The second kappa shape index (κ2) is 10.7. The monoisotopic (exact) mass is 308 g/mol. The normalized spacial score (nSPS) is 12.3. The van der Waals surface area contributed by atoms with Gasteiger partial charge in [-0.1, -0.05) is 64.5 Å². The number of carbonyl (C=O) groups is 1. The first-order valence-corrected chi connectivity index (χ1v) is 9.03. The van der Waals surface area contributed by atoms with Crippen molar-refractivity contribution >= 4 is 17.7 Å². The van der Waals surface area contributed by atoms with Gasteiger partial charge in [0.05, 0.1) is 0 Å². The zero-order chi connectivity index (χ0) is 15.5. The minimum Gasteiger partial charge on any atom is -0.480 e. The standard InChI is InChI=1S/C18H28O2S/c1-3-5-6-7-8-10-17(18(19)20)21-16-13-11-15(9-4-2)12-14-16/h11-14,17H,3-10H2,1-2H3,(H,19,20). The van der Waals surface area contributed by atoms with Gasteiger partial charge >= 0.3 is 5.97 Å². The molecule has 0 amide bonds. The van der Waals surface area contributed by atoms with Crippen LogP contribution in [0.5, 0.6) is 0 Å². The summed E-state index contributed by atoms with van der Waals surface area (Å²) in [6.45, 7) is 4.36. The van der Waals surface area contributed by atoms with Crippen LogP contribution in [0.3, 0.4) is 0 Å². The second-order valence-electron chi connectivity index (χ2n) is 5.54. The molecule has 0 saturated carbocycles. The van der Waals surface area contributed by atoms with Crippen LogP contribution in [0, 0.1) is 0 Å². The molecule has 0 aliphatic heterocycles. The first kappa shape index (κ1) is 18.1. The summed E-state index contributed by atoms with van der Waals surface area (Å²) < 4.78 is 0. The van der Waals surface area contributed by atoms with Crippen LogP contribution in [0.15, 0.2) is 29.2 Å². The van der Waals surface area contributed by atoms with Crippen molar-refractivity contribution in [3.05, 3.63) is 29.8 Å². The summed E-state index contributed by atoms with van der Waals surface area (Å²) in [4.78, 5) is 12.4. The van der Waals surface area contributed by atoms with Crippen LogP contribution in [0.2, 0.25) is 0 Å². The van der Waals surface area contributed by atoms with Gasteiger partial charge in [-0.25, -0.2) is 0 Å². The molecule has 0 bridgehead atoms. The number of carboxylic acid groups (broad SMARTS) is 1. The van der Waals surface area contributed by atoms with E-state index >= 15 is 0 Å². The molecule has 0 saturated heterocycles. The fourth-order valence-corrected chi connectivity index (χ4v) is 3.36. The van der Waals surface area contributed by atoms with Crippen LogP contribution < -0.4 is 0 Å². The molecule has 1 aromatic carbocycles. The number of thioether (sulfide) groups is 1. The van der Waals surface area contributed by atoms with Gasteiger partial charge in [-0.3, -0.25) is 4.79 Å². The molecule has 1 N–H and O–H groups in total. The highest BCUT2D eigenvalue weighted by molar-refractivity contribution is 8.00. The van der Waals surface area contributed by atoms with Gasteiger partial charge in [0.15, 0.2) is 0 Å². The summed E-state index contributed by atoms with van der Waals surface area (Å²) in [5, 5.41) is 9.04. The molecule has 118 valence electrons. The van der Waals surface area contributed by atoms with E-state index in [1.54, 1.807) is 0 Å². The zero-order valence-corrected chi connectivity index (χ0v) is 14.1. The quantitative estimate of drug-likeness (QED) is 0.430. The third-order valence-corrected chi connectivity index (χ3v) is 4.85. The lowest BCUT2D eigenvalue weighted by molar-refractivity contribution is -0.136. The Morgan fingerprint density at radius 3 is 2.29 bits per heavy atom.